The smallest absolute Gasteiger partial charge is 0.309 e. The summed E-state index contributed by atoms with van der Waals surface area (Å²) in [5.41, 5.74) is 1.95. The van der Waals surface area contributed by atoms with Crippen LogP contribution in [0.5, 0.6) is 0 Å². The predicted octanol–water partition coefficient (Wildman–Crippen LogP) is 9.28. The summed E-state index contributed by atoms with van der Waals surface area (Å²) >= 11 is 6.15. The van der Waals surface area contributed by atoms with E-state index in [0.29, 0.717) is 30.5 Å². The van der Waals surface area contributed by atoms with Gasteiger partial charge in [0.1, 0.15) is 6.10 Å². The van der Waals surface area contributed by atoms with Gasteiger partial charge < -0.3 is 14.9 Å². The number of ether oxygens (including phenoxy) is 1. The van der Waals surface area contributed by atoms with Gasteiger partial charge in [-0.3, -0.25) is 19.3 Å². The molecule has 7 rings (SSSR count). The highest BCUT2D eigenvalue weighted by atomic mass is 35.5. The highest BCUT2D eigenvalue weighted by molar-refractivity contribution is 6.30. The molecule has 0 bridgehead atoms. The van der Waals surface area contributed by atoms with E-state index < -0.39 is 28.9 Å². The molecular formula is C45H64ClNO6. The van der Waals surface area contributed by atoms with Crippen molar-refractivity contribution in [3.8, 4) is 0 Å². The van der Waals surface area contributed by atoms with Gasteiger partial charge in [-0.2, -0.15) is 0 Å². The number of likely N-dealkylation sites (N-methyl/N-ethyl adjacent to an activating group) is 1. The van der Waals surface area contributed by atoms with Crippen LogP contribution in [0.4, 0.5) is 0 Å². The van der Waals surface area contributed by atoms with Gasteiger partial charge in [0.25, 0.3) is 0 Å². The minimum atomic E-state index is -1.15. The maximum absolute atomic E-state index is 14.1. The lowest BCUT2D eigenvalue weighted by Gasteiger charge is -2.71. The molecule has 0 radical (unpaired) electrons. The minimum Gasteiger partial charge on any atom is -0.481 e. The lowest BCUT2D eigenvalue weighted by atomic mass is 9.33. The second kappa shape index (κ2) is 12.6. The van der Waals surface area contributed by atoms with Crippen LogP contribution in [-0.2, 0) is 25.7 Å². The molecule has 1 aromatic rings. The standard InChI is InChI=1S/C45H64ClNO6/c1-27(2)36-31(48)22-44(33(49)25-47(9)24-28-10-12-29(46)13-11-28)20-18-40(5)30(37(36)44)14-15-32-41(40,6)19-21-45-26-43(45,8)34(16-17-42(32,45)7)53-35(50)23-39(3,4)38(51)52/h10-13,27,30,32-34,49H,14-26H2,1-9H3,(H,51,52)/t30-,32+,33-,34+,40-,41-,42-,43?,44+,45+/m1/s1. The first kappa shape index (κ1) is 39.0. The normalized spacial score (nSPS) is 40.9. The van der Waals surface area contributed by atoms with Crippen LogP contribution in [0.3, 0.4) is 0 Å². The molecule has 8 heteroatoms. The van der Waals surface area contributed by atoms with Gasteiger partial charge in [-0.15, -0.1) is 0 Å². The average molecular weight is 750 g/mol. The summed E-state index contributed by atoms with van der Waals surface area (Å²) < 4.78 is 6.21. The predicted molar refractivity (Wildman–Crippen MR) is 207 cm³/mol. The summed E-state index contributed by atoms with van der Waals surface area (Å²) in [6, 6.07) is 7.90. The highest BCUT2D eigenvalue weighted by Gasteiger charge is 2.82. The average Bonchev–Trinajstić information content (AvgIpc) is 3.59. The third-order valence-corrected chi connectivity index (χ3v) is 17.6. The monoisotopic (exact) mass is 749 g/mol. The fourth-order valence-corrected chi connectivity index (χ4v) is 14.3. The largest absolute Gasteiger partial charge is 0.481 e. The number of hydrogen-bond donors (Lipinski definition) is 2. The van der Waals surface area contributed by atoms with Crippen molar-refractivity contribution in [3.05, 3.63) is 46.0 Å². The molecular weight excluding hydrogens is 686 g/mol. The number of halogens is 1. The van der Waals surface area contributed by atoms with Gasteiger partial charge in [-0.1, -0.05) is 70.8 Å². The maximum atomic E-state index is 14.1. The van der Waals surface area contributed by atoms with Crippen molar-refractivity contribution in [2.75, 3.05) is 13.6 Å². The number of allylic oxidation sites excluding steroid dienone is 1. The zero-order chi connectivity index (χ0) is 38.7. The van der Waals surface area contributed by atoms with Crippen molar-refractivity contribution in [3.63, 3.8) is 0 Å². The number of aliphatic hydroxyl groups excluding tert-OH is 1. The highest BCUT2D eigenvalue weighted by Crippen LogP contribution is 2.87. The zero-order valence-electron chi connectivity index (χ0n) is 33.7. The molecule has 1 spiro atoms. The number of carboxylic acid groups (broad SMARTS) is 1. The minimum absolute atomic E-state index is 0.00389. The number of carboxylic acids is 1. The molecule has 6 aliphatic rings. The van der Waals surface area contributed by atoms with E-state index in [-0.39, 0.29) is 57.2 Å². The van der Waals surface area contributed by atoms with Crippen LogP contribution in [0.2, 0.25) is 5.02 Å². The van der Waals surface area contributed by atoms with Crippen molar-refractivity contribution < 1.29 is 29.3 Å². The number of aliphatic hydroxyl groups is 1. The van der Waals surface area contributed by atoms with Crippen LogP contribution in [0, 0.1) is 55.7 Å². The molecule has 5 fully saturated rings. The third kappa shape index (κ3) is 5.50. The first-order valence-corrected chi connectivity index (χ1v) is 20.8. The number of carbonyl (C=O) groups is 3. The lowest BCUT2D eigenvalue weighted by molar-refractivity contribution is -0.220. The summed E-state index contributed by atoms with van der Waals surface area (Å²) in [7, 11) is 2.06. The number of fused-ring (bicyclic) bond motifs is 6. The Hall–Kier alpha value is -2.22. The Morgan fingerprint density at radius 3 is 2.25 bits per heavy atom. The molecule has 10 atom stereocenters. The summed E-state index contributed by atoms with van der Waals surface area (Å²) in [5.74, 6) is -0.247. The van der Waals surface area contributed by atoms with Crippen molar-refractivity contribution in [1.82, 2.24) is 4.90 Å². The van der Waals surface area contributed by atoms with Gasteiger partial charge in [0.2, 0.25) is 0 Å². The van der Waals surface area contributed by atoms with Crippen LogP contribution in [0.1, 0.15) is 132 Å². The van der Waals surface area contributed by atoms with Gasteiger partial charge in [-0.25, -0.2) is 0 Å². The Balaban J connectivity index is 1.15. The Labute approximate surface area is 322 Å². The topological polar surface area (TPSA) is 104 Å². The van der Waals surface area contributed by atoms with E-state index in [1.54, 1.807) is 13.8 Å². The number of ketones is 1. The number of carbonyl (C=O) groups excluding carboxylic acids is 2. The van der Waals surface area contributed by atoms with Crippen molar-refractivity contribution in [2.24, 2.45) is 55.7 Å². The number of esters is 1. The first-order chi connectivity index (χ1) is 24.6. The number of nitrogens with zero attached hydrogens (tertiary/aromatic N) is 1. The number of hydrogen-bond acceptors (Lipinski definition) is 6. The molecule has 0 aromatic heterocycles. The van der Waals surface area contributed by atoms with Crippen LogP contribution >= 0.6 is 11.6 Å². The molecule has 0 amide bonds. The molecule has 7 nitrogen and oxygen atoms in total. The number of Topliss-reactive ketones (excluding diaryl/α,β-unsaturated/α-hetero) is 1. The Kier molecular flexibility index (Phi) is 9.31. The Morgan fingerprint density at radius 1 is 0.943 bits per heavy atom. The number of benzene rings is 1. The quantitative estimate of drug-likeness (QED) is 0.230. The second-order valence-corrected chi connectivity index (χ2v) is 21.0. The van der Waals surface area contributed by atoms with Gasteiger partial charge in [-0.05, 0) is 141 Å². The molecule has 0 saturated heterocycles. The van der Waals surface area contributed by atoms with Crippen molar-refractivity contribution in [1.29, 1.82) is 0 Å². The Morgan fingerprint density at radius 2 is 1.60 bits per heavy atom. The summed E-state index contributed by atoms with van der Waals surface area (Å²) in [5, 5.41) is 22.7. The van der Waals surface area contributed by atoms with Crippen LogP contribution < -0.4 is 0 Å². The fourth-order valence-electron chi connectivity index (χ4n) is 14.2. The van der Waals surface area contributed by atoms with Gasteiger partial charge >= 0.3 is 11.9 Å². The third-order valence-electron chi connectivity index (χ3n) is 17.3. The molecule has 292 valence electrons. The first-order valence-electron chi connectivity index (χ1n) is 20.4. The Bertz CT molecular complexity index is 1720. The molecule has 6 aliphatic carbocycles. The van der Waals surface area contributed by atoms with Crippen LogP contribution in [0.25, 0.3) is 0 Å². The summed E-state index contributed by atoms with van der Waals surface area (Å²) in [6.45, 7) is 18.7. The summed E-state index contributed by atoms with van der Waals surface area (Å²) in [6.07, 6.45) is 8.55. The van der Waals surface area contributed by atoms with E-state index in [9.17, 15) is 24.6 Å². The molecule has 1 unspecified atom stereocenters. The lowest BCUT2D eigenvalue weighted by Crippen LogP contribution is -2.65. The van der Waals surface area contributed by atoms with E-state index in [2.05, 4.69) is 53.5 Å². The van der Waals surface area contributed by atoms with E-state index in [4.69, 9.17) is 16.3 Å². The van der Waals surface area contributed by atoms with Crippen LogP contribution in [0.15, 0.2) is 35.4 Å². The molecule has 5 saturated carbocycles. The molecule has 0 heterocycles. The van der Waals surface area contributed by atoms with Gasteiger partial charge in [0.05, 0.1) is 17.9 Å². The SMILES string of the molecule is CC(C)C1=C2[C@H]3CC[C@@H]4[C@@]5(C)CC[C@H](OC(=O)CC(C)(C)C(=O)O)C6(C)C[C@]65CC[C@@]4(C)[C@]3(C)CC[C@@]2([C@H](O)CN(C)Cc2ccc(Cl)cc2)CC1=O. The maximum Gasteiger partial charge on any atom is 0.309 e. The zero-order valence-corrected chi connectivity index (χ0v) is 34.5. The number of rotatable bonds is 10. The van der Waals surface area contributed by atoms with E-state index in [1.807, 2.05) is 24.3 Å². The van der Waals surface area contributed by atoms with Crippen LogP contribution in [-0.4, -0.2) is 58.6 Å². The van der Waals surface area contributed by atoms with Gasteiger partial charge in [0, 0.05) is 35.4 Å². The van der Waals surface area contributed by atoms with E-state index in [0.717, 1.165) is 68.9 Å². The molecule has 1 aromatic carbocycles. The van der Waals surface area contributed by atoms with E-state index >= 15 is 0 Å². The number of aliphatic carboxylic acids is 1. The molecule has 53 heavy (non-hydrogen) atoms. The van der Waals surface area contributed by atoms with Crippen molar-refractivity contribution in [2.45, 2.75) is 145 Å². The molecule has 0 aliphatic heterocycles. The summed E-state index contributed by atoms with van der Waals surface area (Å²) in [4.78, 5) is 41.2. The van der Waals surface area contributed by atoms with Crippen molar-refractivity contribution >= 4 is 29.3 Å². The second-order valence-electron chi connectivity index (χ2n) is 20.6. The van der Waals surface area contributed by atoms with Gasteiger partial charge in [0.15, 0.2) is 5.78 Å². The van der Waals surface area contributed by atoms with E-state index in [1.165, 1.54) is 5.57 Å². The molecule has 2 N–H and O–H groups in total. The fraction of sp³-hybridized carbons (Fsp3) is 0.756.